The van der Waals surface area contributed by atoms with E-state index in [0.29, 0.717) is 0 Å². The Hall–Kier alpha value is -1.89. The normalized spacial score (nSPS) is 11.2. The van der Waals surface area contributed by atoms with Gasteiger partial charge in [0.2, 0.25) is 5.88 Å². The summed E-state index contributed by atoms with van der Waals surface area (Å²) in [5.74, 6) is 0.0196. The summed E-state index contributed by atoms with van der Waals surface area (Å²) in [6.45, 7) is 0. The van der Waals surface area contributed by atoms with Crippen LogP contribution in [-0.2, 0) is 10.3 Å². The highest BCUT2D eigenvalue weighted by Gasteiger charge is 2.14. The summed E-state index contributed by atoms with van der Waals surface area (Å²) in [6, 6.07) is 4.75. The summed E-state index contributed by atoms with van der Waals surface area (Å²) in [5, 5.41) is 0. The maximum Gasteiger partial charge on any atom is 0.416 e. The Morgan fingerprint density at radius 3 is 2.73 bits per heavy atom. The lowest BCUT2D eigenvalue weighted by Crippen LogP contribution is -2.17. The molecule has 0 amide bonds. The molecule has 78 valence electrons. The molecule has 0 aliphatic heterocycles. The SMILES string of the molecule is O=S(=O)(Oc1ccccn1)n1ccnc1. The molecule has 0 spiro atoms. The summed E-state index contributed by atoms with van der Waals surface area (Å²) in [4.78, 5) is 7.35. The van der Waals surface area contributed by atoms with E-state index >= 15 is 0 Å². The number of hydrogen-bond donors (Lipinski definition) is 0. The number of imidazole rings is 1. The molecule has 2 heterocycles. The second-order valence-electron chi connectivity index (χ2n) is 2.60. The molecule has 2 aromatic rings. The maximum absolute atomic E-state index is 11.5. The van der Waals surface area contributed by atoms with E-state index in [-0.39, 0.29) is 5.88 Å². The molecule has 0 N–H and O–H groups in total. The van der Waals surface area contributed by atoms with E-state index in [4.69, 9.17) is 4.18 Å². The van der Waals surface area contributed by atoms with Crippen molar-refractivity contribution in [3.05, 3.63) is 43.1 Å². The monoisotopic (exact) mass is 225 g/mol. The van der Waals surface area contributed by atoms with Crippen LogP contribution < -0.4 is 4.18 Å². The van der Waals surface area contributed by atoms with Crippen LogP contribution in [0.15, 0.2) is 43.1 Å². The molecular weight excluding hydrogens is 218 g/mol. The zero-order chi connectivity index (χ0) is 10.7. The molecule has 15 heavy (non-hydrogen) atoms. The van der Waals surface area contributed by atoms with Gasteiger partial charge in [-0.2, -0.15) is 8.42 Å². The fraction of sp³-hybridized carbons (Fsp3) is 0. The van der Waals surface area contributed by atoms with Crippen molar-refractivity contribution in [1.82, 2.24) is 13.9 Å². The van der Waals surface area contributed by atoms with E-state index in [0.717, 1.165) is 10.3 Å². The summed E-state index contributed by atoms with van der Waals surface area (Å²) < 4.78 is 28.6. The highest BCUT2D eigenvalue weighted by molar-refractivity contribution is 7.85. The number of aromatic nitrogens is 3. The van der Waals surface area contributed by atoms with Gasteiger partial charge in [-0.05, 0) is 6.07 Å². The van der Waals surface area contributed by atoms with E-state index < -0.39 is 10.3 Å². The average molecular weight is 225 g/mol. The lowest BCUT2D eigenvalue weighted by molar-refractivity contribution is 0.466. The number of hydrogen-bond acceptors (Lipinski definition) is 5. The third kappa shape index (κ3) is 2.13. The first-order valence-corrected chi connectivity index (χ1v) is 5.39. The Labute approximate surface area is 86.4 Å². The molecule has 0 fully saturated rings. The lowest BCUT2D eigenvalue weighted by Gasteiger charge is -2.04. The van der Waals surface area contributed by atoms with E-state index in [1.54, 1.807) is 12.1 Å². The smallest absolute Gasteiger partial charge is 0.346 e. The molecule has 0 aliphatic rings. The van der Waals surface area contributed by atoms with Crippen LogP contribution in [-0.4, -0.2) is 22.4 Å². The van der Waals surface area contributed by atoms with Crippen molar-refractivity contribution in [3.8, 4) is 5.88 Å². The molecule has 0 radical (unpaired) electrons. The van der Waals surface area contributed by atoms with E-state index in [9.17, 15) is 8.42 Å². The third-order valence-electron chi connectivity index (χ3n) is 1.57. The van der Waals surface area contributed by atoms with Crippen LogP contribution in [0.25, 0.3) is 0 Å². The van der Waals surface area contributed by atoms with Gasteiger partial charge >= 0.3 is 10.3 Å². The Morgan fingerprint density at radius 1 is 1.27 bits per heavy atom. The summed E-state index contributed by atoms with van der Waals surface area (Å²) >= 11 is 0. The molecular formula is C8H7N3O3S. The zero-order valence-corrected chi connectivity index (χ0v) is 8.33. The standard InChI is InChI=1S/C8H7N3O3S/c12-15(13,11-6-5-9-7-11)14-8-3-1-2-4-10-8/h1-7H. The van der Waals surface area contributed by atoms with Crippen molar-refractivity contribution in [2.24, 2.45) is 0 Å². The minimum atomic E-state index is -3.88. The van der Waals surface area contributed by atoms with Gasteiger partial charge in [0.25, 0.3) is 0 Å². The molecule has 0 unspecified atom stereocenters. The second kappa shape index (κ2) is 3.70. The fourth-order valence-corrected chi connectivity index (χ4v) is 1.70. The highest BCUT2D eigenvalue weighted by atomic mass is 32.2. The van der Waals surface area contributed by atoms with Crippen molar-refractivity contribution in [1.29, 1.82) is 0 Å². The second-order valence-corrected chi connectivity index (χ2v) is 4.05. The number of nitrogens with zero attached hydrogens (tertiary/aromatic N) is 3. The van der Waals surface area contributed by atoms with Crippen LogP contribution in [0.4, 0.5) is 0 Å². The molecule has 7 heteroatoms. The molecule has 0 bridgehead atoms. The van der Waals surface area contributed by atoms with Gasteiger partial charge in [0.05, 0.1) is 0 Å². The van der Waals surface area contributed by atoms with Crippen molar-refractivity contribution in [2.75, 3.05) is 0 Å². The molecule has 0 aliphatic carbocycles. The van der Waals surface area contributed by atoms with Gasteiger partial charge in [0, 0.05) is 24.7 Å². The van der Waals surface area contributed by atoms with Crippen LogP contribution in [0, 0.1) is 0 Å². The molecule has 0 atom stereocenters. The van der Waals surface area contributed by atoms with Crippen LogP contribution in [0.1, 0.15) is 0 Å². The number of pyridine rings is 1. The van der Waals surface area contributed by atoms with Crippen molar-refractivity contribution in [2.45, 2.75) is 0 Å². The Bertz CT molecular complexity index is 522. The van der Waals surface area contributed by atoms with E-state index in [2.05, 4.69) is 9.97 Å². The summed E-state index contributed by atoms with van der Waals surface area (Å²) in [7, 11) is -3.88. The first kappa shape index (κ1) is 9.66. The van der Waals surface area contributed by atoms with Gasteiger partial charge in [-0.15, -0.1) is 0 Å². The Kier molecular flexibility index (Phi) is 2.38. The van der Waals surface area contributed by atoms with Gasteiger partial charge in [-0.3, -0.25) is 0 Å². The minimum Gasteiger partial charge on any atom is -0.346 e. The lowest BCUT2D eigenvalue weighted by atomic mass is 10.5. The zero-order valence-electron chi connectivity index (χ0n) is 7.52. The van der Waals surface area contributed by atoms with Crippen molar-refractivity contribution < 1.29 is 12.6 Å². The van der Waals surface area contributed by atoms with Crippen molar-refractivity contribution >= 4 is 10.3 Å². The van der Waals surface area contributed by atoms with E-state index in [1.807, 2.05) is 0 Å². The quantitative estimate of drug-likeness (QED) is 0.758. The number of rotatable bonds is 3. The van der Waals surface area contributed by atoms with Gasteiger partial charge in [0.15, 0.2) is 0 Å². The molecule has 2 aromatic heterocycles. The predicted octanol–water partition coefficient (Wildman–Crippen LogP) is 0.450. The fourth-order valence-electron chi connectivity index (χ4n) is 0.926. The molecule has 0 aromatic carbocycles. The highest BCUT2D eigenvalue weighted by Crippen LogP contribution is 2.08. The maximum atomic E-state index is 11.5. The molecule has 0 saturated carbocycles. The predicted molar refractivity (Wildman–Crippen MR) is 51.4 cm³/mol. The van der Waals surface area contributed by atoms with Gasteiger partial charge in [0.1, 0.15) is 6.33 Å². The topological polar surface area (TPSA) is 74.1 Å². The van der Waals surface area contributed by atoms with Gasteiger partial charge in [-0.1, -0.05) is 6.07 Å². The van der Waals surface area contributed by atoms with Crippen LogP contribution in [0.3, 0.4) is 0 Å². The van der Waals surface area contributed by atoms with Crippen LogP contribution >= 0.6 is 0 Å². The minimum absolute atomic E-state index is 0.0196. The Balaban J connectivity index is 2.27. The first-order chi connectivity index (χ1) is 7.18. The first-order valence-electron chi connectivity index (χ1n) is 4.02. The van der Waals surface area contributed by atoms with Crippen molar-refractivity contribution in [3.63, 3.8) is 0 Å². The Morgan fingerprint density at radius 2 is 2.13 bits per heavy atom. The van der Waals surface area contributed by atoms with Crippen LogP contribution in [0.2, 0.25) is 0 Å². The molecule has 6 nitrogen and oxygen atoms in total. The van der Waals surface area contributed by atoms with Gasteiger partial charge < -0.3 is 4.18 Å². The third-order valence-corrected chi connectivity index (χ3v) is 2.68. The molecule has 0 saturated heterocycles. The average Bonchev–Trinajstić information content (AvgIpc) is 2.71. The molecule has 2 rings (SSSR count). The van der Waals surface area contributed by atoms with Gasteiger partial charge in [-0.25, -0.2) is 13.9 Å². The van der Waals surface area contributed by atoms with Crippen LogP contribution in [0.5, 0.6) is 5.88 Å². The largest absolute Gasteiger partial charge is 0.416 e. The summed E-state index contributed by atoms with van der Waals surface area (Å²) in [5.41, 5.74) is 0. The van der Waals surface area contributed by atoms with E-state index in [1.165, 1.54) is 24.7 Å². The summed E-state index contributed by atoms with van der Waals surface area (Å²) in [6.07, 6.45) is 5.20.